The molecule has 1 aromatic heterocycles. The smallest absolute Gasteiger partial charge is 0.326 e. The zero-order chi connectivity index (χ0) is 14.7. The van der Waals surface area contributed by atoms with Crippen LogP contribution < -0.4 is 0 Å². The van der Waals surface area contributed by atoms with E-state index in [-0.39, 0.29) is 24.6 Å². The molecule has 0 radical (unpaired) electrons. The van der Waals surface area contributed by atoms with Crippen molar-refractivity contribution in [2.75, 3.05) is 12.3 Å². The number of aliphatic hydroxyl groups excluding tert-OH is 1. The van der Waals surface area contributed by atoms with E-state index in [1.807, 2.05) is 12.3 Å². The van der Waals surface area contributed by atoms with Crippen molar-refractivity contribution in [3.05, 3.63) is 16.1 Å². The van der Waals surface area contributed by atoms with E-state index < -0.39 is 18.1 Å². The number of nitrogens with zero attached hydrogens (tertiary/aromatic N) is 2. The summed E-state index contributed by atoms with van der Waals surface area (Å²) >= 11 is 2.97. The van der Waals surface area contributed by atoms with Gasteiger partial charge in [0.2, 0.25) is 5.91 Å². The molecule has 8 heteroatoms. The van der Waals surface area contributed by atoms with Crippen molar-refractivity contribution in [3.63, 3.8) is 0 Å². The summed E-state index contributed by atoms with van der Waals surface area (Å²) in [6, 6.07) is -0.903. The number of hydrogen-bond donors (Lipinski definition) is 2. The van der Waals surface area contributed by atoms with Gasteiger partial charge in [0.25, 0.3) is 0 Å². The van der Waals surface area contributed by atoms with Crippen LogP contribution in [0.5, 0.6) is 0 Å². The fourth-order valence-corrected chi connectivity index (χ4v) is 3.64. The Morgan fingerprint density at radius 1 is 1.60 bits per heavy atom. The van der Waals surface area contributed by atoms with Crippen LogP contribution in [-0.2, 0) is 15.3 Å². The Labute approximate surface area is 124 Å². The monoisotopic (exact) mass is 316 g/mol. The summed E-state index contributed by atoms with van der Waals surface area (Å²) in [4.78, 5) is 28.6. The third-order valence-corrected chi connectivity index (χ3v) is 4.80. The first kappa shape index (κ1) is 15.3. The standard InChI is InChI=1S/C12H16N2O4S2/c1-7-13-8(5-20-7)4-19-6-11(16)14-3-9(15)2-10(14)12(17)18/h5,9-10,15H,2-4,6H2,1H3,(H,17,18)/t9-,10+/m1/s1. The second kappa shape index (κ2) is 6.55. The Balaban J connectivity index is 1.83. The number of carbonyl (C=O) groups excluding carboxylic acids is 1. The van der Waals surface area contributed by atoms with Crippen molar-refractivity contribution in [2.24, 2.45) is 0 Å². The molecule has 0 unspecified atom stereocenters. The molecule has 0 spiro atoms. The molecular formula is C12H16N2O4S2. The quantitative estimate of drug-likeness (QED) is 0.832. The lowest BCUT2D eigenvalue weighted by atomic mass is 10.2. The molecule has 2 heterocycles. The Hall–Kier alpha value is -1.12. The van der Waals surface area contributed by atoms with Crippen molar-refractivity contribution in [3.8, 4) is 0 Å². The number of carboxylic acids is 1. The van der Waals surface area contributed by atoms with Gasteiger partial charge in [-0.3, -0.25) is 4.79 Å². The van der Waals surface area contributed by atoms with Crippen molar-refractivity contribution >= 4 is 35.0 Å². The number of aliphatic carboxylic acids is 1. The molecular weight excluding hydrogens is 300 g/mol. The van der Waals surface area contributed by atoms with Crippen LogP contribution in [0.15, 0.2) is 5.38 Å². The van der Waals surface area contributed by atoms with Crippen molar-refractivity contribution in [1.82, 2.24) is 9.88 Å². The number of amides is 1. The molecule has 0 aliphatic carbocycles. The van der Waals surface area contributed by atoms with Gasteiger partial charge in [0.1, 0.15) is 6.04 Å². The third kappa shape index (κ3) is 3.71. The number of carbonyl (C=O) groups is 2. The fourth-order valence-electron chi connectivity index (χ4n) is 2.12. The van der Waals surface area contributed by atoms with Gasteiger partial charge in [0, 0.05) is 24.1 Å². The van der Waals surface area contributed by atoms with Gasteiger partial charge in [-0.2, -0.15) is 0 Å². The first-order valence-electron chi connectivity index (χ1n) is 6.16. The average Bonchev–Trinajstić information content (AvgIpc) is 2.95. The summed E-state index contributed by atoms with van der Waals surface area (Å²) in [5.74, 6) is -0.474. The Morgan fingerprint density at radius 3 is 2.95 bits per heavy atom. The van der Waals surface area contributed by atoms with Crippen LogP contribution in [0.2, 0.25) is 0 Å². The lowest BCUT2D eigenvalue weighted by Crippen LogP contribution is -2.41. The Kier molecular flexibility index (Phi) is 5.00. The SMILES string of the molecule is Cc1nc(CSCC(=O)N2C[C@H](O)C[C@H]2C(=O)O)cs1. The number of aliphatic hydroxyl groups is 1. The van der Waals surface area contributed by atoms with Gasteiger partial charge in [0.05, 0.1) is 22.6 Å². The number of thioether (sulfide) groups is 1. The van der Waals surface area contributed by atoms with E-state index in [0.29, 0.717) is 5.75 Å². The van der Waals surface area contributed by atoms with Crippen molar-refractivity contribution in [1.29, 1.82) is 0 Å². The largest absolute Gasteiger partial charge is 0.480 e. The molecule has 1 amide bonds. The van der Waals surface area contributed by atoms with Gasteiger partial charge in [0.15, 0.2) is 0 Å². The fraction of sp³-hybridized carbons (Fsp3) is 0.583. The number of rotatable bonds is 5. The molecule has 20 heavy (non-hydrogen) atoms. The predicted molar refractivity (Wildman–Crippen MR) is 76.8 cm³/mol. The zero-order valence-corrected chi connectivity index (χ0v) is 12.6. The number of hydrogen-bond acceptors (Lipinski definition) is 6. The summed E-state index contributed by atoms with van der Waals surface area (Å²) in [5, 5.41) is 21.5. The maximum Gasteiger partial charge on any atom is 0.326 e. The number of thiazole rings is 1. The first-order chi connectivity index (χ1) is 9.47. The first-order valence-corrected chi connectivity index (χ1v) is 8.20. The van der Waals surface area contributed by atoms with Crippen LogP contribution in [0.1, 0.15) is 17.1 Å². The molecule has 2 N–H and O–H groups in total. The molecule has 2 atom stereocenters. The lowest BCUT2D eigenvalue weighted by molar-refractivity contribution is -0.147. The summed E-state index contributed by atoms with van der Waals surface area (Å²) < 4.78 is 0. The van der Waals surface area contributed by atoms with Crippen molar-refractivity contribution in [2.45, 2.75) is 31.2 Å². The van der Waals surface area contributed by atoms with E-state index in [1.54, 1.807) is 11.3 Å². The Morgan fingerprint density at radius 2 is 2.35 bits per heavy atom. The molecule has 1 aromatic rings. The van der Waals surface area contributed by atoms with Gasteiger partial charge < -0.3 is 15.1 Å². The molecule has 0 bridgehead atoms. The van der Waals surface area contributed by atoms with Gasteiger partial charge >= 0.3 is 5.97 Å². The molecule has 0 saturated carbocycles. The maximum absolute atomic E-state index is 12.0. The van der Waals surface area contributed by atoms with Crippen LogP contribution >= 0.6 is 23.1 Å². The van der Waals surface area contributed by atoms with E-state index in [2.05, 4.69) is 4.98 Å². The number of aromatic nitrogens is 1. The highest BCUT2D eigenvalue weighted by molar-refractivity contribution is 7.99. The van der Waals surface area contributed by atoms with Gasteiger partial charge in [-0.05, 0) is 6.92 Å². The third-order valence-electron chi connectivity index (χ3n) is 3.03. The van der Waals surface area contributed by atoms with Crippen LogP contribution in [0.25, 0.3) is 0 Å². The van der Waals surface area contributed by atoms with E-state index in [1.165, 1.54) is 16.7 Å². The highest BCUT2D eigenvalue weighted by atomic mass is 32.2. The van der Waals surface area contributed by atoms with Gasteiger partial charge in [-0.15, -0.1) is 23.1 Å². The summed E-state index contributed by atoms with van der Waals surface area (Å²) in [6.45, 7) is 2.03. The van der Waals surface area contributed by atoms with E-state index >= 15 is 0 Å². The summed E-state index contributed by atoms with van der Waals surface area (Å²) in [5.41, 5.74) is 0.932. The number of β-amino-alcohol motifs (C(OH)–C–C–N with tert-alkyl or cyclic N) is 1. The van der Waals surface area contributed by atoms with Crippen LogP contribution in [0, 0.1) is 6.92 Å². The highest BCUT2D eigenvalue weighted by Gasteiger charge is 2.38. The van der Waals surface area contributed by atoms with E-state index in [9.17, 15) is 14.7 Å². The molecule has 0 aromatic carbocycles. The van der Waals surface area contributed by atoms with Gasteiger partial charge in [-0.25, -0.2) is 9.78 Å². The second-order valence-electron chi connectivity index (χ2n) is 4.64. The number of likely N-dealkylation sites (tertiary alicyclic amines) is 1. The molecule has 1 aliphatic heterocycles. The zero-order valence-electron chi connectivity index (χ0n) is 11.0. The maximum atomic E-state index is 12.0. The molecule has 1 saturated heterocycles. The number of carboxylic acid groups (broad SMARTS) is 1. The van der Waals surface area contributed by atoms with Crippen LogP contribution in [0.3, 0.4) is 0 Å². The topological polar surface area (TPSA) is 90.7 Å². The summed E-state index contributed by atoms with van der Waals surface area (Å²) in [6.07, 6.45) is -0.636. The van der Waals surface area contributed by atoms with Crippen molar-refractivity contribution < 1.29 is 19.8 Å². The van der Waals surface area contributed by atoms with Gasteiger partial charge in [-0.1, -0.05) is 0 Å². The minimum atomic E-state index is -1.06. The molecule has 1 aliphatic rings. The van der Waals surface area contributed by atoms with E-state index in [0.717, 1.165) is 10.7 Å². The predicted octanol–water partition coefficient (Wildman–Crippen LogP) is 0.731. The minimum absolute atomic E-state index is 0.103. The average molecular weight is 316 g/mol. The normalized spacial score (nSPS) is 22.2. The molecule has 1 fully saturated rings. The van der Waals surface area contributed by atoms with Crippen LogP contribution in [0.4, 0.5) is 0 Å². The second-order valence-corrected chi connectivity index (χ2v) is 6.69. The minimum Gasteiger partial charge on any atom is -0.480 e. The van der Waals surface area contributed by atoms with E-state index in [4.69, 9.17) is 5.11 Å². The molecule has 2 rings (SSSR count). The van der Waals surface area contributed by atoms with Crippen LogP contribution in [-0.4, -0.2) is 56.4 Å². The lowest BCUT2D eigenvalue weighted by Gasteiger charge is -2.20. The summed E-state index contributed by atoms with van der Waals surface area (Å²) in [7, 11) is 0. The Bertz CT molecular complexity index is 505. The number of aryl methyl sites for hydroxylation is 1. The molecule has 6 nitrogen and oxygen atoms in total. The highest BCUT2D eigenvalue weighted by Crippen LogP contribution is 2.21. The molecule has 110 valence electrons.